The first kappa shape index (κ1) is 29.1. The monoisotopic (exact) mass is 571 g/mol. The van der Waals surface area contributed by atoms with Gasteiger partial charge in [-0.3, -0.25) is 0 Å². The highest BCUT2D eigenvalue weighted by atomic mass is 35.5. The van der Waals surface area contributed by atoms with Crippen molar-refractivity contribution in [1.82, 2.24) is 19.4 Å². The number of nitrogens with one attached hydrogen (secondary N) is 1. The van der Waals surface area contributed by atoms with Gasteiger partial charge in [0.15, 0.2) is 0 Å². The van der Waals surface area contributed by atoms with Gasteiger partial charge >= 0.3 is 6.03 Å². The van der Waals surface area contributed by atoms with E-state index in [-0.39, 0.29) is 29.5 Å². The number of nitrogens with zero attached hydrogens (tertiary/aromatic N) is 4. The van der Waals surface area contributed by atoms with Crippen molar-refractivity contribution < 1.29 is 13.2 Å². The van der Waals surface area contributed by atoms with Gasteiger partial charge in [0.2, 0.25) is 15.0 Å². The number of hydrogen-bond donors (Lipinski definition) is 1. The number of anilines is 1. The minimum Gasteiger partial charge on any atom is -0.317 e. The van der Waals surface area contributed by atoms with Gasteiger partial charge in [0.1, 0.15) is 0 Å². The van der Waals surface area contributed by atoms with Gasteiger partial charge in [-0.2, -0.15) is 0 Å². The number of hydrogen-bond acceptors (Lipinski definition) is 5. The number of amides is 2. The Bertz CT molecular complexity index is 1380. The Labute approximate surface area is 236 Å². The zero-order valence-corrected chi connectivity index (χ0v) is 24.5. The summed E-state index contributed by atoms with van der Waals surface area (Å²) in [4.78, 5) is 21.6. The molecule has 0 atom stereocenters. The van der Waals surface area contributed by atoms with Crippen LogP contribution in [-0.2, 0) is 22.1 Å². The maximum absolute atomic E-state index is 13.7. The molecule has 8 nitrogen and oxygen atoms in total. The SMILES string of the molecule is Cc1cccc(CS(=O)(=O)c2ncc(CN(CCN(C)C)C(=O)Nc3cccc(Cl)c3)n2C2CCCCC2)c1. The molecule has 1 aliphatic carbocycles. The van der Waals surface area contributed by atoms with Gasteiger partial charge in [-0.15, -0.1) is 0 Å². The number of rotatable bonds is 10. The number of likely N-dealkylation sites (N-methyl/N-ethyl adjacent to an activating group) is 1. The summed E-state index contributed by atoms with van der Waals surface area (Å²) in [5.41, 5.74) is 3.08. The molecule has 39 heavy (non-hydrogen) atoms. The van der Waals surface area contributed by atoms with Crippen LogP contribution >= 0.6 is 11.6 Å². The molecule has 0 aliphatic heterocycles. The molecule has 0 bridgehead atoms. The third-order valence-electron chi connectivity index (χ3n) is 7.03. The first-order chi connectivity index (χ1) is 18.6. The van der Waals surface area contributed by atoms with Crippen LogP contribution < -0.4 is 5.32 Å². The molecule has 1 aromatic heterocycles. The van der Waals surface area contributed by atoms with Crippen LogP contribution in [-0.4, -0.2) is 61.0 Å². The van der Waals surface area contributed by atoms with Crippen LogP contribution in [0.1, 0.15) is 55.0 Å². The van der Waals surface area contributed by atoms with E-state index in [2.05, 4.69) is 10.3 Å². The lowest BCUT2D eigenvalue weighted by Gasteiger charge is -2.29. The Hall–Kier alpha value is -2.88. The molecule has 2 aromatic carbocycles. The molecule has 1 saturated carbocycles. The van der Waals surface area contributed by atoms with Crippen molar-refractivity contribution in [2.45, 2.75) is 62.5 Å². The lowest BCUT2D eigenvalue weighted by molar-refractivity contribution is 0.199. The second kappa shape index (κ2) is 13.0. The van der Waals surface area contributed by atoms with E-state index in [1.54, 1.807) is 35.4 Å². The lowest BCUT2D eigenvalue weighted by Crippen LogP contribution is -2.39. The highest BCUT2D eigenvalue weighted by molar-refractivity contribution is 7.90. The summed E-state index contributed by atoms with van der Waals surface area (Å²) in [5.74, 6) is -0.114. The highest BCUT2D eigenvalue weighted by Crippen LogP contribution is 2.33. The van der Waals surface area contributed by atoms with E-state index in [1.165, 1.54) is 0 Å². The molecule has 1 aliphatic rings. The van der Waals surface area contributed by atoms with Crippen molar-refractivity contribution in [3.05, 3.63) is 76.6 Å². The van der Waals surface area contributed by atoms with Crippen LogP contribution in [0.3, 0.4) is 0 Å². The second-order valence-corrected chi connectivity index (χ2v) is 12.9. The molecular formula is C29H38ClN5O3S. The third kappa shape index (κ3) is 7.84. The molecule has 0 radical (unpaired) electrons. The minimum atomic E-state index is -3.71. The molecule has 10 heteroatoms. The number of aryl methyl sites for hydroxylation is 1. The van der Waals surface area contributed by atoms with Gasteiger partial charge in [0.25, 0.3) is 0 Å². The average molecular weight is 572 g/mol. The van der Waals surface area contributed by atoms with E-state index >= 15 is 0 Å². The van der Waals surface area contributed by atoms with Crippen LogP contribution in [0.5, 0.6) is 0 Å². The summed E-state index contributed by atoms with van der Waals surface area (Å²) in [5, 5.41) is 3.56. The summed E-state index contributed by atoms with van der Waals surface area (Å²) < 4.78 is 29.3. The molecule has 210 valence electrons. The predicted molar refractivity (Wildman–Crippen MR) is 156 cm³/mol. The maximum Gasteiger partial charge on any atom is 0.322 e. The van der Waals surface area contributed by atoms with Crippen molar-refractivity contribution in [1.29, 1.82) is 0 Å². The summed E-state index contributed by atoms with van der Waals surface area (Å²) in [6.45, 7) is 3.30. The summed E-state index contributed by atoms with van der Waals surface area (Å²) in [6, 6.07) is 14.3. The normalized spacial score (nSPS) is 14.5. The Morgan fingerprint density at radius 2 is 1.82 bits per heavy atom. The van der Waals surface area contributed by atoms with Gasteiger partial charge < -0.3 is 19.7 Å². The molecule has 2 amide bonds. The smallest absolute Gasteiger partial charge is 0.317 e. The first-order valence-corrected chi connectivity index (χ1v) is 15.5. The topological polar surface area (TPSA) is 87.5 Å². The lowest BCUT2D eigenvalue weighted by atomic mass is 9.95. The van der Waals surface area contributed by atoms with Gasteiger partial charge in [-0.25, -0.2) is 18.2 Å². The number of halogens is 1. The molecular weight excluding hydrogens is 534 g/mol. The second-order valence-electron chi connectivity index (χ2n) is 10.6. The fourth-order valence-electron chi connectivity index (χ4n) is 5.08. The molecule has 4 rings (SSSR count). The van der Waals surface area contributed by atoms with Crippen LogP contribution in [0.2, 0.25) is 5.02 Å². The van der Waals surface area contributed by atoms with Crippen molar-refractivity contribution in [3.8, 4) is 0 Å². The zero-order chi connectivity index (χ0) is 28.0. The number of urea groups is 1. The Morgan fingerprint density at radius 1 is 1.08 bits per heavy atom. The quantitative estimate of drug-likeness (QED) is 0.326. The molecule has 0 unspecified atom stereocenters. The van der Waals surface area contributed by atoms with E-state index < -0.39 is 9.84 Å². The van der Waals surface area contributed by atoms with Crippen molar-refractivity contribution >= 4 is 33.2 Å². The van der Waals surface area contributed by atoms with Crippen LogP contribution in [0.15, 0.2) is 59.9 Å². The molecule has 1 fully saturated rings. The number of benzene rings is 2. The number of sulfone groups is 1. The number of carbonyl (C=O) groups is 1. The molecule has 0 spiro atoms. The van der Waals surface area contributed by atoms with E-state index in [0.29, 0.717) is 23.8 Å². The van der Waals surface area contributed by atoms with Crippen LogP contribution in [0.25, 0.3) is 0 Å². The summed E-state index contributed by atoms with van der Waals surface area (Å²) in [6.07, 6.45) is 6.64. The standard InChI is InChI=1S/C29H38ClN5O3S/c1-22-9-7-10-23(17-22)21-39(37,38)29-31-19-27(35(29)26-13-5-4-6-14-26)20-34(16-15-33(2)3)28(36)32-25-12-8-11-24(30)18-25/h7-12,17-19,26H,4-6,13-16,20-21H2,1-3H3,(H,32,36). The molecule has 0 saturated heterocycles. The number of aromatic nitrogens is 2. The van der Waals surface area contributed by atoms with Gasteiger partial charge in [0.05, 0.1) is 24.2 Å². The predicted octanol–water partition coefficient (Wildman–Crippen LogP) is 5.92. The average Bonchev–Trinajstić information content (AvgIpc) is 3.31. The highest BCUT2D eigenvalue weighted by Gasteiger charge is 2.30. The third-order valence-corrected chi connectivity index (χ3v) is 8.84. The van der Waals surface area contributed by atoms with Gasteiger partial charge in [0, 0.05) is 29.8 Å². The molecule has 3 aromatic rings. The fraction of sp³-hybridized carbons (Fsp3) is 0.448. The van der Waals surface area contributed by atoms with E-state index in [0.717, 1.165) is 48.9 Å². The molecule has 1 N–H and O–H groups in total. The minimum absolute atomic E-state index is 0.0326. The number of carbonyl (C=O) groups excluding carboxylic acids is 1. The Morgan fingerprint density at radius 3 is 2.51 bits per heavy atom. The largest absolute Gasteiger partial charge is 0.322 e. The van der Waals surface area contributed by atoms with E-state index in [9.17, 15) is 13.2 Å². The maximum atomic E-state index is 13.7. The van der Waals surface area contributed by atoms with Crippen molar-refractivity contribution in [2.75, 3.05) is 32.5 Å². The van der Waals surface area contributed by atoms with Crippen molar-refractivity contribution in [2.24, 2.45) is 0 Å². The van der Waals surface area contributed by atoms with Gasteiger partial charge in [-0.1, -0.05) is 66.8 Å². The van der Waals surface area contributed by atoms with Crippen LogP contribution in [0, 0.1) is 6.92 Å². The van der Waals surface area contributed by atoms with E-state index in [1.807, 2.05) is 54.8 Å². The molecule has 1 heterocycles. The van der Waals surface area contributed by atoms with Crippen molar-refractivity contribution in [3.63, 3.8) is 0 Å². The number of imidazole rings is 1. The Balaban J connectivity index is 1.66. The van der Waals surface area contributed by atoms with E-state index in [4.69, 9.17) is 11.6 Å². The van der Waals surface area contributed by atoms with Crippen LogP contribution in [0.4, 0.5) is 10.5 Å². The zero-order valence-electron chi connectivity index (χ0n) is 22.9. The fourth-order valence-corrected chi connectivity index (χ4v) is 6.79. The Kier molecular flexibility index (Phi) is 9.69. The summed E-state index contributed by atoms with van der Waals surface area (Å²) in [7, 11) is 0.193. The van der Waals surface area contributed by atoms with Gasteiger partial charge in [-0.05, 0) is 57.6 Å². The summed E-state index contributed by atoms with van der Waals surface area (Å²) >= 11 is 6.12. The first-order valence-electron chi connectivity index (χ1n) is 13.4.